The van der Waals surface area contributed by atoms with Crippen LogP contribution in [0.4, 0.5) is 13.2 Å². The highest BCUT2D eigenvalue weighted by molar-refractivity contribution is 6.00. The van der Waals surface area contributed by atoms with E-state index in [9.17, 15) is 22.8 Å². The third kappa shape index (κ3) is 7.13. The van der Waals surface area contributed by atoms with Crippen molar-refractivity contribution in [1.82, 2.24) is 15.5 Å². The maximum atomic E-state index is 13.6. The van der Waals surface area contributed by atoms with Gasteiger partial charge in [-0.3, -0.25) is 9.59 Å². The Bertz CT molecular complexity index is 1310. The van der Waals surface area contributed by atoms with Crippen LogP contribution in [0.15, 0.2) is 84.6 Å². The summed E-state index contributed by atoms with van der Waals surface area (Å²) in [5.41, 5.74) is 8.84. The molecule has 2 aromatic rings. The van der Waals surface area contributed by atoms with E-state index in [-0.39, 0.29) is 11.9 Å². The van der Waals surface area contributed by atoms with Crippen molar-refractivity contribution >= 4 is 11.8 Å². The first-order valence-corrected chi connectivity index (χ1v) is 14.4. The fourth-order valence-electron chi connectivity index (χ4n) is 6.04. The zero-order valence-electron chi connectivity index (χ0n) is 24.0. The standard InChI is InChI=1S/C33H39F3N4O2/c1-3-24(15-14-23(2)37)30(41)39-25-16-20-40(21-17-25)19-9-8-18-32(31(42)38-22-33(34,35)36)28-12-6-4-10-26(28)27-11-5-7-13-29(27)32/h3-7,10-15,25H,1,8-9,16-22,37H2,2H3,(H,38,42)(H,39,41)/b23-14+,24-15+. The number of nitrogens with zero attached hydrogens (tertiary/aromatic N) is 1. The molecule has 1 saturated heterocycles. The van der Waals surface area contributed by atoms with Crippen molar-refractivity contribution in [2.24, 2.45) is 5.73 Å². The van der Waals surface area contributed by atoms with E-state index >= 15 is 0 Å². The molecule has 2 amide bonds. The average molecular weight is 581 g/mol. The number of piperidine rings is 1. The summed E-state index contributed by atoms with van der Waals surface area (Å²) >= 11 is 0. The van der Waals surface area contributed by atoms with Gasteiger partial charge in [0.25, 0.3) is 5.91 Å². The third-order valence-corrected chi connectivity index (χ3v) is 8.11. The SMILES string of the molecule is C=C/C(=C\C=C(/C)N)C(=O)NC1CCN(CCCCC2(C(=O)NCC(F)(F)F)c3ccccc3-c3ccccc32)CC1. The van der Waals surface area contributed by atoms with E-state index in [2.05, 4.69) is 22.1 Å². The van der Waals surface area contributed by atoms with E-state index in [1.54, 1.807) is 19.1 Å². The Kier molecular flexibility index (Phi) is 9.93. The topological polar surface area (TPSA) is 87.5 Å². The van der Waals surface area contributed by atoms with Crippen molar-refractivity contribution < 1.29 is 22.8 Å². The van der Waals surface area contributed by atoms with Gasteiger partial charge in [0.15, 0.2) is 0 Å². The quantitative estimate of drug-likeness (QED) is 0.190. The molecule has 1 heterocycles. The largest absolute Gasteiger partial charge is 0.405 e. The molecule has 1 aliphatic carbocycles. The van der Waals surface area contributed by atoms with E-state index in [4.69, 9.17) is 5.73 Å². The van der Waals surface area contributed by atoms with Gasteiger partial charge in [0.2, 0.25) is 5.91 Å². The molecule has 0 atom stereocenters. The minimum atomic E-state index is -4.50. The van der Waals surface area contributed by atoms with Gasteiger partial charge in [0.05, 0.1) is 0 Å². The molecular weight excluding hydrogens is 541 g/mol. The lowest BCUT2D eigenvalue weighted by Crippen LogP contribution is -2.47. The number of unbranched alkanes of at least 4 members (excludes halogenated alkanes) is 1. The van der Waals surface area contributed by atoms with Gasteiger partial charge in [0, 0.05) is 30.4 Å². The van der Waals surface area contributed by atoms with Crippen LogP contribution in [0.5, 0.6) is 0 Å². The van der Waals surface area contributed by atoms with Crippen LogP contribution in [0.25, 0.3) is 11.1 Å². The first-order chi connectivity index (χ1) is 20.0. The van der Waals surface area contributed by atoms with Crippen LogP contribution in [0.2, 0.25) is 0 Å². The van der Waals surface area contributed by atoms with Gasteiger partial charge in [-0.2, -0.15) is 13.2 Å². The van der Waals surface area contributed by atoms with Gasteiger partial charge in [0.1, 0.15) is 12.0 Å². The summed E-state index contributed by atoms with van der Waals surface area (Å²) in [5, 5.41) is 5.27. The van der Waals surface area contributed by atoms with Crippen LogP contribution in [-0.2, 0) is 15.0 Å². The molecule has 2 aromatic carbocycles. The van der Waals surface area contributed by atoms with E-state index in [0.29, 0.717) is 24.1 Å². The summed E-state index contributed by atoms with van der Waals surface area (Å²) < 4.78 is 39.3. The molecule has 4 rings (SSSR count). The maximum absolute atomic E-state index is 13.6. The number of rotatable bonds is 11. The molecule has 6 nitrogen and oxygen atoms in total. The van der Waals surface area contributed by atoms with Crippen LogP contribution in [0.1, 0.15) is 50.2 Å². The summed E-state index contributed by atoms with van der Waals surface area (Å²) in [6.45, 7) is 6.55. The number of carbonyl (C=O) groups excluding carboxylic acids is 2. The molecule has 0 radical (unpaired) electrons. The molecule has 224 valence electrons. The van der Waals surface area contributed by atoms with Gasteiger partial charge >= 0.3 is 6.18 Å². The molecule has 0 saturated carbocycles. The summed E-state index contributed by atoms with van der Waals surface area (Å²) in [6, 6.07) is 15.1. The number of allylic oxidation sites excluding steroid dienone is 3. The minimum absolute atomic E-state index is 0.0622. The van der Waals surface area contributed by atoms with Crippen LogP contribution in [0, 0.1) is 0 Å². The van der Waals surface area contributed by atoms with E-state index in [1.165, 1.54) is 6.08 Å². The second kappa shape index (κ2) is 13.4. The Morgan fingerprint density at radius 2 is 1.62 bits per heavy atom. The molecular formula is C33H39F3N4O2. The Morgan fingerprint density at radius 3 is 2.17 bits per heavy atom. The Morgan fingerprint density at radius 1 is 1.02 bits per heavy atom. The molecule has 42 heavy (non-hydrogen) atoms. The van der Waals surface area contributed by atoms with Crippen molar-refractivity contribution in [3.63, 3.8) is 0 Å². The summed E-state index contributed by atoms with van der Waals surface area (Å²) in [6.07, 6.45) is 3.84. The number of alkyl halides is 3. The predicted octanol–water partition coefficient (Wildman–Crippen LogP) is 5.36. The van der Waals surface area contributed by atoms with Gasteiger partial charge in [-0.05, 0) is 73.6 Å². The molecule has 0 unspecified atom stereocenters. The molecule has 4 N–H and O–H groups in total. The highest BCUT2D eigenvalue weighted by Gasteiger charge is 2.49. The summed E-state index contributed by atoms with van der Waals surface area (Å²) in [4.78, 5) is 28.6. The molecule has 0 bridgehead atoms. The van der Waals surface area contributed by atoms with Crippen LogP contribution >= 0.6 is 0 Å². The van der Waals surface area contributed by atoms with E-state index in [0.717, 1.165) is 61.2 Å². The van der Waals surface area contributed by atoms with Gasteiger partial charge in [-0.1, -0.05) is 67.6 Å². The van der Waals surface area contributed by atoms with Gasteiger partial charge in [-0.25, -0.2) is 0 Å². The monoisotopic (exact) mass is 580 g/mol. The molecule has 1 fully saturated rings. The number of hydrogen-bond donors (Lipinski definition) is 3. The summed E-state index contributed by atoms with van der Waals surface area (Å²) in [5.74, 6) is -0.786. The lowest BCUT2D eigenvalue weighted by Gasteiger charge is -2.33. The molecule has 0 aromatic heterocycles. The number of halogens is 3. The molecule has 1 aliphatic heterocycles. The molecule has 9 heteroatoms. The minimum Gasteiger partial charge on any atom is -0.402 e. The Balaban J connectivity index is 1.37. The van der Waals surface area contributed by atoms with Crippen LogP contribution in [-0.4, -0.2) is 55.1 Å². The van der Waals surface area contributed by atoms with E-state index < -0.39 is 24.0 Å². The second-order valence-electron chi connectivity index (χ2n) is 11.1. The maximum Gasteiger partial charge on any atom is 0.405 e. The number of nitrogens with one attached hydrogen (secondary N) is 2. The fraction of sp³-hybridized carbons (Fsp3) is 0.394. The van der Waals surface area contributed by atoms with Crippen molar-refractivity contribution in [3.05, 3.63) is 95.7 Å². The number of likely N-dealkylation sites (tertiary alicyclic amines) is 1. The number of hydrogen-bond acceptors (Lipinski definition) is 4. The lowest BCUT2D eigenvalue weighted by molar-refractivity contribution is -0.141. The van der Waals surface area contributed by atoms with Gasteiger partial charge in [-0.15, -0.1) is 0 Å². The summed E-state index contributed by atoms with van der Waals surface area (Å²) in [7, 11) is 0. The zero-order chi connectivity index (χ0) is 30.3. The fourth-order valence-corrected chi connectivity index (χ4v) is 6.04. The number of benzene rings is 2. The second-order valence-corrected chi connectivity index (χ2v) is 11.1. The molecule has 0 spiro atoms. The number of amides is 2. The Hall–Kier alpha value is -3.85. The van der Waals surface area contributed by atoms with Gasteiger partial charge < -0.3 is 21.3 Å². The highest BCUT2D eigenvalue weighted by atomic mass is 19.4. The van der Waals surface area contributed by atoms with Crippen LogP contribution < -0.4 is 16.4 Å². The molecule has 2 aliphatic rings. The lowest BCUT2D eigenvalue weighted by atomic mass is 9.73. The van der Waals surface area contributed by atoms with E-state index in [1.807, 2.05) is 48.5 Å². The van der Waals surface area contributed by atoms with Crippen LogP contribution in [0.3, 0.4) is 0 Å². The number of nitrogens with two attached hydrogens (primary N) is 1. The average Bonchev–Trinajstić information content (AvgIpc) is 3.25. The Labute approximate surface area is 245 Å². The first kappa shape index (κ1) is 31.1. The van der Waals surface area contributed by atoms with Crippen molar-refractivity contribution in [1.29, 1.82) is 0 Å². The normalized spacial score (nSPS) is 17.3. The smallest absolute Gasteiger partial charge is 0.402 e. The van der Waals surface area contributed by atoms with Crippen molar-refractivity contribution in [3.8, 4) is 11.1 Å². The number of fused-ring (bicyclic) bond motifs is 3. The zero-order valence-corrected chi connectivity index (χ0v) is 24.0. The third-order valence-electron chi connectivity index (χ3n) is 8.11. The predicted molar refractivity (Wildman–Crippen MR) is 159 cm³/mol. The number of carbonyl (C=O) groups is 2. The highest BCUT2D eigenvalue weighted by Crippen LogP contribution is 2.51. The first-order valence-electron chi connectivity index (χ1n) is 14.4. The van der Waals surface area contributed by atoms with Crippen molar-refractivity contribution in [2.75, 3.05) is 26.2 Å². The van der Waals surface area contributed by atoms with Crippen molar-refractivity contribution in [2.45, 2.75) is 56.7 Å².